The molecule has 140 valence electrons. The summed E-state index contributed by atoms with van der Waals surface area (Å²) >= 11 is 0. The van der Waals surface area contributed by atoms with E-state index in [0.29, 0.717) is 24.2 Å². The summed E-state index contributed by atoms with van der Waals surface area (Å²) in [5.74, 6) is 0. The van der Waals surface area contributed by atoms with Crippen LogP contribution in [0.4, 0.5) is 4.39 Å². The van der Waals surface area contributed by atoms with Crippen molar-refractivity contribution in [1.82, 2.24) is 14.5 Å². The average Bonchev–Trinajstić information content (AvgIpc) is 3.06. The second-order valence-corrected chi connectivity index (χ2v) is 8.52. The van der Waals surface area contributed by atoms with Crippen molar-refractivity contribution in [2.24, 2.45) is 0 Å². The van der Waals surface area contributed by atoms with Gasteiger partial charge in [0, 0.05) is 47.5 Å². The zero-order valence-electron chi connectivity index (χ0n) is 16.2. The fourth-order valence-corrected chi connectivity index (χ4v) is 5.24. The van der Waals surface area contributed by atoms with Gasteiger partial charge in [-0.05, 0) is 69.1 Å². The fraction of sp³-hybridized carbons (Fsp3) is 0.435. The van der Waals surface area contributed by atoms with Gasteiger partial charge in [-0.1, -0.05) is 11.6 Å². The summed E-state index contributed by atoms with van der Waals surface area (Å²) in [5, 5.41) is 1.31. The Hall–Kier alpha value is -2.20. The number of nitrogens with zero attached hydrogens (tertiary/aromatic N) is 3. The highest BCUT2D eigenvalue weighted by Crippen LogP contribution is 2.47. The number of rotatable bonds is 3. The number of hydrogen-bond acceptors (Lipinski definition) is 2. The van der Waals surface area contributed by atoms with Crippen LogP contribution in [-0.2, 0) is 18.6 Å². The second kappa shape index (κ2) is 5.90. The molecule has 0 aliphatic carbocycles. The van der Waals surface area contributed by atoms with Crippen LogP contribution in [0.3, 0.4) is 0 Å². The first-order chi connectivity index (χ1) is 13.0. The Morgan fingerprint density at radius 2 is 1.96 bits per heavy atom. The van der Waals surface area contributed by atoms with Gasteiger partial charge in [-0.3, -0.25) is 9.88 Å². The summed E-state index contributed by atoms with van der Waals surface area (Å²) in [6, 6.07) is 11.3. The van der Waals surface area contributed by atoms with Gasteiger partial charge in [0.1, 0.15) is 0 Å². The maximum absolute atomic E-state index is 15.8. The molecule has 2 aromatic heterocycles. The normalized spacial score (nSPS) is 24.1. The van der Waals surface area contributed by atoms with Gasteiger partial charge < -0.3 is 4.57 Å². The molecule has 0 spiro atoms. The molecule has 2 aliphatic rings. The first kappa shape index (κ1) is 16.9. The van der Waals surface area contributed by atoms with Crippen molar-refractivity contribution >= 4 is 10.9 Å². The molecule has 0 N–H and O–H groups in total. The van der Waals surface area contributed by atoms with Crippen LogP contribution in [0.5, 0.6) is 0 Å². The van der Waals surface area contributed by atoms with Crippen molar-refractivity contribution in [2.45, 2.75) is 57.4 Å². The van der Waals surface area contributed by atoms with E-state index in [9.17, 15) is 0 Å². The molecule has 2 aliphatic heterocycles. The van der Waals surface area contributed by atoms with Gasteiger partial charge in [-0.2, -0.15) is 0 Å². The zero-order chi connectivity index (χ0) is 18.8. The van der Waals surface area contributed by atoms with E-state index in [0.717, 1.165) is 6.42 Å². The van der Waals surface area contributed by atoms with E-state index in [1.54, 1.807) is 31.5 Å². The summed E-state index contributed by atoms with van der Waals surface area (Å²) in [7, 11) is 2.25. The van der Waals surface area contributed by atoms with Crippen LogP contribution in [0.15, 0.2) is 42.7 Å². The van der Waals surface area contributed by atoms with E-state index >= 15 is 4.39 Å². The molecular weight excluding hydrogens is 337 g/mol. The highest BCUT2D eigenvalue weighted by atomic mass is 19.1. The number of alkyl halides is 1. The molecule has 4 heteroatoms. The molecule has 27 heavy (non-hydrogen) atoms. The van der Waals surface area contributed by atoms with Gasteiger partial charge in [0.05, 0.1) is 6.54 Å². The van der Waals surface area contributed by atoms with Crippen molar-refractivity contribution in [3.8, 4) is 0 Å². The number of hydrogen-bond donors (Lipinski definition) is 0. The summed E-state index contributed by atoms with van der Waals surface area (Å²) < 4.78 is 18.1. The van der Waals surface area contributed by atoms with Gasteiger partial charge >= 0.3 is 0 Å². The number of pyridine rings is 1. The third-order valence-corrected chi connectivity index (χ3v) is 6.71. The molecular formula is C23H26FN3. The molecule has 1 saturated heterocycles. The third-order valence-electron chi connectivity index (χ3n) is 6.71. The standard InChI is InChI=1S/C23H26FN3/c1-15-4-6-19-18(12-15)22-20-7-5-17(26(20)3)13-21(22)27(19)14-23(2,24)16-8-10-25-11-9-16/h4,6,8-12,17,20H,5,7,13-14H2,1-3H3. The topological polar surface area (TPSA) is 21.1 Å². The van der Waals surface area contributed by atoms with Crippen LogP contribution in [-0.4, -0.2) is 27.5 Å². The fourth-order valence-electron chi connectivity index (χ4n) is 5.24. The minimum absolute atomic E-state index is 0.342. The van der Waals surface area contributed by atoms with E-state index in [-0.39, 0.29) is 0 Å². The number of fused-ring (bicyclic) bond motifs is 6. The van der Waals surface area contributed by atoms with Crippen molar-refractivity contribution in [2.75, 3.05) is 7.05 Å². The molecule has 3 nitrogen and oxygen atoms in total. The molecule has 1 fully saturated rings. The van der Waals surface area contributed by atoms with Crippen LogP contribution in [0.25, 0.3) is 10.9 Å². The molecule has 1 aromatic carbocycles. The number of aromatic nitrogens is 2. The summed E-state index contributed by atoms with van der Waals surface area (Å²) in [4.78, 5) is 6.58. The molecule has 3 unspecified atom stereocenters. The smallest absolute Gasteiger partial charge is 0.151 e. The average molecular weight is 363 g/mol. The molecule has 5 rings (SSSR count). The van der Waals surface area contributed by atoms with Crippen LogP contribution in [0.2, 0.25) is 0 Å². The molecule has 3 atom stereocenters. The minimum Gasteiger partial charge on any atom is -0.341 e. The lowest BCUT2D eigenvalue weighted by molar-refractivity contribution is 0.158. The number of benzene rings is 1. The molecule has 4 heterocycles. The van der Waals surface area contributed by atoms with Crippen molar-refractivity contribution in [3.05, 3.63) is 65.1 Å². The van der Waals surface area contributed by atoms with Crippen LogP contribution in [0.1, 0.15) is 48.2 Å². The lowest BCUT2D eigenvalue weighted by atomic mass is 9.96. The highest BCUT2D eigenvalue weighted by Gasteiger charge is 2.41. The van der Waals surface area contributed by atoms with E-state index in [2.05, 4.69) is 46.6 Å². The van der Waals surface area contributed by atoms with Crippen LogP contribution < -0.4 is 0 Å². The lowest BCUT2D eigenvalue weighted by Gasteiger charge is -2.33. The second-order valence-electron chi connectivity index (χ2n) is 8.52. The first-order valence-corrected chi connectivity index (χ1v) is 9.89. The third kappa shape index (κ3) is 2.53. The first-order valence-electron chi connectivity index (χ1n) is 9.89. The quantitative estimate of drug-likeness (QED) is 0.658. The van der Waals surface area contributed by atoms with Crippen molar-refractivity contribution in [1.29, 1.82) is 0 Å². The SMILES string of the molecule is Cc1ccc2c(c1)c1c(n2CC(C)(F)c2ccncc2)CC2CCC1N2C. The van der Waals surface area contributed by atoms with Crippen molar-refractivity contribution in [3.63, 3.8) is 0 Å². The molecule has 3 aromatic rings. The van der Waals surface area contributed by atoms with E-state index < -0.39 is 5.67 Å². The molecule has 2 bridgehead atoms. The molecule has 0 amide bonds. The Bertz CT molecular complexity index is 1010. The zero-order valence-corrected chi connectivity index (χ0v) is 16.2. The summed E-state index contributed by atoms with van der Waals surface area (Å²) in [6.45, 7) is 4.18. The maximum atomic E-state index is 15.8. The van der Waals surface area contributed by atoms with Gasteiger partial charge in [0.25, 0.3) is 0 Å². The summed E-state index contributed by atoms with van der Waals surface area (Å²) in [6.07, 6.45) is 6.81. The maximum Gasteiger partial charge on any atom is 0.151 e. The Kier molecular flexibility index (Phi) is 3.70. The van der Waals surface area contributed by atoms with Gasteiger partial charge in [-0.15, -0.1) is 0 Å². The Morgan fingerprint density at radius 1 is 1.19 bits per heavy atom. The predicted molar refractivity (Wildman–Crippen MR) is 107 cm³/mol. The Morgan fingerprint density at radius 3 is 2.74 bits per heavy atom. The molecule has 0 radical (unpaired) electrons. The number of likely N-dealkylation sites (N-methyl/N-ethyl adjacent to an activating group) is 1. The Labute approximate surface area is 159 Å². The monoisotopic (exact) mass is 363 g/mol. The van der Waals surface area contributed by atoms with Gasteiger partial charge in [0.15, 0.2) is 5.67 Å². The highest BCUT2D eigenvalue weighted by molar-refractivity contribution is 5.87. The van der Waals surface area contributed by atoms with Crippen LogP contribution in [0, 0.1) is 6.92 Å². The van der Waals surface area contributed by atoms with Crippen LogP contribution >= 0.6 is 0 Å². The number of aryl methyl sites for hydroxylation is 1. The van der Waals surface area contributed by atoms with E-state index in [4.69, 9.17) is 0 Å². The lowest BCUT2D eigenvalue weighted by Crippen LogP contribution is -2.35. The summed E-state index contributed by atoms with van der Waals surface area (Å²) in [5.41, 5.74) is 4.48. The van der Waals surface area contributed by atoms with E-state index in [1.165, 1.54) is 40.6 Å². The predicted octanol–water partition coefficient (Wildman–Crippen LogP) is 4.92. The molecule has 0 saturated carbocycles. The Balaban J connectivity index is 1.69. The largest absolute Gasteiger partial charge is 0.341 e. The minimum atomic E-state index is -1.43. The van der Waals surface area contributed by atoms with Gasteiger partial charge in [0.2, 0.25) is 0 Å². The number of halogens is 1. The van der Waals surface area contributed by atoms with Crippen molar-refractivity contribution < 1.29 is 4.39 Å². The van der Waals surface area contributed by atoms with E-state index in [1.807, 2.05) is 0 Å². The van der Waals surface area contributed by atoms with Gasteiger partial charge in [-0.25, -0.2) is 4.39 Å².